The maximum atomic E-state index is 8.89. The quantitative estimate of drug-likeness (QED) is 0.579. The van der Waals surface area contributed by atoms with Crippen LogP contribution < -0.4 is 5.32 Å². The van der Waals surface area contributed by atoms with E-state index in [1.165, 1.54) is 0 Å². The highest BCUT2D eigenvalue weighted by atomic mass is 31.0. The van der Waals surface area contributed by atoms with Crippen molar-refractivity contribution in [2.75, 3.05) is 20.1 Å². The average Bonchev–Trinajstić information content (AvgIpc) is 2.07. The molecule has 0 aromatic heterocycles. The molecule has 62 valence electrons. The molecule has 0 bridgehead atoms. The topological polar surface area (TPSA) is 39.1 Å². The summed E-state index contributed by atoms with van der Waals surface area (Å²) >= 11 is 0. The summed E-state index contributed by atoms with van der Waals surface area (Å²) in [5, 5.41) is 12.0. The van der Waals surface area contributed by atoms with Crippen molar-refractivity contribution in [1.29, 1.82) is 5.26 Å². The van der Waals surface area contributed by atoms with Gasteiger partial charge in [0.05, 0.1) is 6.07 Å². The first-order valence-corrected chi connectivity index (χ1v) is 4.34. The molecule has 0 spiro atoms. The van der Waals surface area contributed by atoms with E-state index < -0.39 is 0 Å². The van der Waals surface area contributed by atoms with Crippen LogP contribution in [0, 0.1) is 11.3 Å². The molecule has 1 rings (SSSR count). The third-order valence-electron chi connectivity index (χ3n) is 2.34. The molecule has 1 N–H and O–H groups in total. The molecule has 11 heavy (non-hydrogen) atoms. The van der Waals surface area contributed by atoms with E-state index in [1.54, 1.807) is 0 Å². The lowest BCUT2D eigenvalue weighted by atomic mass is 9.90. The Morgan fingerprint density at radius 2 is 2.09 bits per heavy atom. The van der Waals surface area contributed by atoms with Crippen LogP contribution in [0.2, 0.25) is 0 Å². The molecule has 0 radical (unpaired) electrons. The number of rotatable bonds is 1. The van der Waals surface area contributed by atoms with Gasteiger partial charge < -0.3 is 5.32 Å². The van der Waals surface area contributed by atoms with E-state index >= 15 is 0 Å². The molecular formula is C7H14N3P. The first-order chi connectivity index (χ1) is 5.22. The Kier molecular flexibility index (Phi) is 2.84. The van der Waals surface area contributed by atoms with Gasteiger partial charge in [0.2, 0.25) is 0 Å². The van der Waals surface area contributed by atoms with E-state index in [2.05, 4.69) is 25.4 Å². The molecule has 4 heteroatoms. The predicted octanol–water partition coefficient (Wildman–Crippen LogP) is 0.354. The number of hydrogen-bond acceptors (Lipinski definition) is 3. The lowest BCUT2D eigenvalue weighted by molar-refractivity contribution is 0.263. The molecule has 0 saturated carbocycles. The zero-order valence-corrected chi connectivity index (χ0v) is 7.95. The minimum atomic E-state index is -0.257. The Bertz CT molecular complexity index is 167. The standard InChI is InChI=1S/C7H14N3P/c1-9-7(6-8)2-4-10(11)5-3-7/h9H,2-5,11H2,1H3. The van der Waals surface area contributed by atoms with Crippen molar-refractivity contribution in [1.82, 2.24) is 9.99 Å². The third-order valence-corrected chi connectivity index (χ3v) is 2.86. The molecule has 0 aromatic carbocycles. The molecule has 1 atom stereocenters. The first-order valence-electron chi connectivity index (χ1n) is 3.82. The van der Waals surface area contributed by atoms with Crippen LogP contribution in [0.1, 0.15) is 12.8 Å². The van der Waals surface area contributed by atoms with Crippen molar-refractivity contribution >= 4 is 9.39 Å². The van der Waals surface area contributed by atoms with E-state index in [0.717, 1.165) is 25.9 Å². The van der Waals surface area contributed by atoms with Gasteiger partial charge in [-0.3, -0.25) is 4.67 Å². The fourth-order valence-electron chi connectivity index (χ4n) is 1.32. The second-order valence-corrected chi connectivity index (χ2v) is 3.71. The Labute approximate surface area is 70.0 Å². The molecule has 1 aliphatic heterocycles. The van der Waals surface area contributed by atoms with Crippen molar-refractivity contribution in [3.05, 3.63) is 0 Å². The van der Waals surface area contributed by atoms with Crippen molar-refractivity contribution in [3.8, 4) is 6.07 Å². The lowest BCUT2D eigenvalue weighted by Gasteiger charge is -2.34. The minimum Gasteiger partial charge on any atom is -0.302 e. The van der Waals surface area contributed by atoms with Gasteiger partial charge in [-0.2, -0.15) is 5.26 Å². The fraction of sp³-hybridized carbons (Fsp3) is 0.857. The van der Waals surface area contributed by atoms with Gasteiger partial charge in [0.25, 0.3) is 0 Å². The Morgan fingerprint density at radius 1 is 1.55 bits per heavy atom. The molecule has 1 fully saturated rings. The van der Waals surface area contributed by atoms with E-state index in [-0.39, 0.29) is 5.54 Å². The van der Waals surface area contributed by atoms with Gasteiger partial charge in [-0.15, -0.1) is 0 Å². The van der Waals surface area contributed by atoms with Gasteiger partial charge in [-0.1, -0.05) is 9.39 Å². The lowest BCUT2D eigenvalue weighted by Crippen LogP contribution is -2.48. The fourth-order valence-corrected chi connectivity index (χ4v) is 1.58. The summed E-state index contributed by atoms with van der Waals surface area (Å²) in [6, 6.07) is 2.34. The maximum Gasteiger partial charge on any atom is 0.108 e. The zero-order chi connectivity index (χ0) is 8.32. The number of nitriles is 1. The summed E-state index contributed by atoms with van der Waals surface area (Å²) in [6.07, 6.45) is 1.84. The first kappa shape index (κ1) is 8.93. The number of piperidine rings is 1. The zero-order valence-electron chi connectivity index (χ0n) is 6.80. The van der Waals surface area contributed by atoms with Gasteiger partial charge in [-0.25, -0.2) is 0 Å². The van der Waals surface area contributed by atoms with Gasteiger partial charge >= 0.3 is 0 Å². The number of nitrogens with zero attached hydrogens (tertiary/aromatic N) is 2. The summed E-state index contributed by atoms with van der Waals surface area (Å²) in [6.45, 7) is 1.97. The van der Waals surface area contributed by atoms with Crippen LogP contribution in [0.3, 0.4) is 0 Å². The van der Waals surface area contributed by atoms with Crippen molar-refractivity contribution < 1.29 is 0 Å². The van der Waals surface area contributed by atoms with Crippen LogP contribution in [0.25, 0.3) is 0 Å². The molecule has 1 heterocycles. The summed E-state index contributed by atoms with van der Waals surface area (Å²) in [4.78, 5) is 0. The van der Waals surface area contributed by atoms with Gasteiger partial charge in [0.15, 0.2) is 0 Å². The Hall–Kier alpha value is -0.160. The molecule has 0 aliphatic carbocycles. The highest BCUT2D eigenvalue weighted by molar-refractivity contribution is 7.13. The highest BCUT2D eigenvalue weighted by Crippen LogP contribution is 2.22. The minimum absolute atomic E-state index is 0.257. The molecule has 0 aromatic rings. The van der Waals surface area contributed by atoms with Crippen LogP contribution in [0.5, 0.6) is 0 Å². The van der Waals surface area contributed by atoms with Crippen LogP contribution in [-0.4, -0.2) is 30.3 Å². The van der Waals surface area contributed by atoms with Crippen molar-refractivity contribution in [2.24, 2.45) is 0 Å². The molecule has 1 aliphatic rings. The Morgan fingerprint density at radius 3 is 2.45 bits per heavy atom. The van der Waals surface area contributed by atoms with Crippen LogP contribution in [0.4, 0.5) is 0 Å². The van der Waals surface area contributed by atoms with E-state index in [0.29, 0.717) is 0 Å². The number of nitrogens with one attached hydrogen (secondary N) is 1. The van der Waals surface area contributed by atoms with Crippen LogP contribution >= 0.6 is 9.39 Å². The van der Waals surface area contributed by atoms with Gasteiger partial charge in [-0.05, 0) is 19.9 Å². The van der Waals surface area contributed by atoms with Crippen LogP contribution in [-0.2, 0) is 0 Å². The highest BCUT2D eigenvalue weighted by Gasteiger charge is 2.31. The third kappa shape index (κ3) is 1.90. The second kappa shape index (κ2) is 3.49. The average molecular weight is 171 g/mol. The molecular weight excluding hydrogens is 157 g/mol. The van der Waals surface area contributed by atoms with Crippen molar-refractivity contribution in [2.45, 2.75) is 18.4 Å². The summed E-state index contributed by atoms with van der Waals surface area (Å²) < 4.78 is 2.17. The van der Waals surface area contributed by atoms with Gasteiger partial charge in [0.1, 0.15) is 5.54 Å². The molecule has 1 unspecified atom stereocenters. The van der Waals surface area contributed by atoms with Crippen molar-refractivity contribution in [3.63, 3.8) is 0 Å². The summed E-state index contributed by atoms with van der Waals surface area (Å²) in [5.41, 5.74) is -0.257. The smallest absolute Gasteiger partial charge is 0.108 e. The Balaban J connectivity index is 2.54. The maximum absolute atomic E-state index is 8.89. The van der Waals surface area contributed by atoms with E-state index in [1.807, 2.05) is 7.05 Å². The largest absolute Gasteiger partial charge is 0.302 e. The second-order valence-electron chi connectivity index (χ2n) is 2.98. The molecule has 0 amide bonds. The summed E-state index contributed by atoms with van der Waals surface area (Å²) in [5.74, 6) is 0. The molecule has 1 saturated heterocycles. The van der Waals surface area contributed by atoms with E-state index in [4.69, 9.17) is 5.26 Å². The normalized spacial score (nSPS) is 24.5. The number of hydrogen-bond donors (Lipinski definition) is 1. The van der Waals surface area contributed by atoms with E-state index in [9.17, 15) is 0 Å². The SMILES string of the molecule is CNC1(C#N)CCN(P)CC1. The monoisotopic (exact) mass is 171 g/mol. The predicted molar refractivity (Wildman–Crippen MR) is 47.9 cm³/mol. The van der Waals surface area contributed by atoms with Gasteiger partial charge in [0, 0.05) is 13.1 Å². The summed E-state index contributed by atoms with van der Waals surface area (Å²) in [7, 11) is 4.53. The van der Waals surface area contributed by atoms with Crippen LogP contribution in [0.15, 0.2) is 0 Å². The molecule has 3 nitrogen and oxygen atoms in total.